The molecule has 4 heteroatoms. The lowest BCUT2D eigenvalue weighted by atomic mass is 10.0. The van der Waals surface area contributed by atoms with Crippen molar-refractivity contribution in [2.45, 2.75) is 18.9 Å². The van der Waals surface area contributed by atoms with Crippen LogP contribution in [0.3, 0.4) is 0 Å². The van der Waals surface area contributed by atoms with Crippen LogP contribution in [-0.4, -0.2) is 19.8 Å². The second-order valence-electron chi connectivity index (χ2n) is 4.17. The van der Waals surface area contributed by atoms with Gasteiger partial charge >= 0.3 is 0 Å². The molecule has 3 rings (SSSR count). The molecule has 0 spiro atoms. The smallest absolute Gasteiger partial charge is 0.162 e. The quantitative estimate of drug-likeness (QED) is 0.860. The fraction of sp³-hybridized carbons (Fsp3) is 0.500. The van der Waals surface area contributed by atoms with Crippen LogP contribution in [0.25, 0.3) is 0 Å². The third-order valence-corrected chi connectivity index (χ3v) is 3.78. The van der Waals surface area contributed by atoms with E-state index in [0.29, 0.717) is 19.3 Å². The molecule has 0 amide bonds. The number of nitrogens with one attached hydrogen (secondary N) is 1. The summed E-state index contributed by atoms with van der Waals surface area (Å²) in [5.41, 5.74) is 1.28. The van der Waals surface area contributed by atoms with Crippen LogP contribution in [0, 0.1) is 0 Å². The summed E-state index contributed by atoms with van der Waals surface area (Å²) in [6, 6.07) is 4.57. The lowest BCUT2D eigenvalue weighted by molar-refractivity contribution is 0.171. The number of halogens is 1. The summed E-state index contributed by atoms with van der Waals surface area (Å²) in [6.45, 7) is 2.39. The first-order chi connectivity index (χ1) is 7.84. The van der Waals surface area contributed by atoms with Gasteiger partial charge in [0.15, 0.2) is 11.5 Å². The molecular weight excluding hydrogens is 270 g/mol. The maximum absolute atomic E-state index is 5.61. The first-order valence-electron chi connectivity index (χ1n) is 5.67. The predicted octanol–water partition coefficient (Wildman–Crippen LogP) is 2.64. The molecule has 2 aliphatic rings. The molecule has 1 fully saturated rings. The van der Waals surface area contributed by atoms with Crippen molar-refractivity contribution in [2.24, 2.45) is 0 Å². The van der Waals surface area contributed by atoms with Crippen molar-refractivity contribution in [1.82, 2.24) is 5.32 Å². The first kappa shape index (κ1) is 10.4. The van der Waals surface area contributed by atoms with Gasteiger partial charge in [0.25, 0.3) is 0 Å². The maximum Gasteiger partial charge on any atom is 0.162 e. The van der Waals surface area contributed by atoms with Gasteiger partial charge in [-0.3, -0.25) is 0 Å². The fourth-order valence-corrected chi connectivity index (χ4v) is 2.90. The van der Waals surface area contributed by atoms with E-state index in [1.54, 1.807) is 0 Å². The fourth-order valence-electron chi connectivity index (χ4n) is 2.30. The van der Waals surface area contributed by atoms with Gasteiger partial charge in [-0.2, -0.15) is 0 Å². The summed E-state index contributed by atoms with van der Waals surface area (Å²) in [5, 5.41) is 3.49. The van der Waals surface area contributed by atoms with Crippen molar-refractivity contribution in [1.29, 1.82) is 0 Å². The summed E-state index contributed by atoms with van der Waals surface area (Å²) in [4.78, 5) is 0. The van der Waals surface area contributed by atoms with Gasteiger partial charge in [0, 0.05) is 10.5 Å². The molecule has 0 aromatic heterocycles. The maximum atomic E-state index is 5.61. The van der Waals surface area contributed by atoms with Gasteiger partial charge in [-0.25, -0.2) is 0 Å². The van der Waals surface area contributed by atoms with Crippen LogP contribution in [0.15, 0.2) is 16.6 Å². The number of rotatable bonds is 1. The number of hydrogen-bond acceptors (Lipinski definition) is 3. The number of benzene rings is 1. The second-order valence-corrected chi connectivity index (χ2v) is 5.02. The molecule has 0 aliphatic carbocycles. The summed E-state index contributed by atoms with van der Waals surface area (Å²) >= 11 is 3.61. The van der Waals surface area contributed by atoms with E-state index in [1.807, 2.05) is 6.07 Å². The van der Waals surface area contributed by atoms with Crippen molar-refractivity contribution in [3.63, 3.8) is 0 Å². The molecular formula is C12H14BrNO2. The SMILES string of the molecule is Brc1cc2c(cc1C1CCCN1)OCCO2. The zero-order chi connectivity index (χ0) is 11.0. The molecule has 2 heterocycles. The Bertz CT molecular complexity index is 402. The minimum absolute atomic E-state index is 0.449. The molecule has 0 saturated carbocycles. The van der Waals surface area contributed by atoms with E-state index < -0.39 is 0 Å². The van der Waals surface area contributed by atoms with E-state index in [1.165, 1.54) is 18.4 Å². The van der Waals surface area contributed by atoms with Gasteiger partial charge in [0.2, 0.25) is 0 Å². The summed E-state index contributed by atoms with van der Waals surface area (Å²) in [5.74, 6) is 1.72. The third kappa shape index (κ3) is 1.80. The Morgan fingerprint density at radius 1 is 1.19 bits per heavy atom. The number of hydrogen-bond donors (Lipinski definition) is 1. The van der Waals surface area contributed by atoms with E-state index >= 15 is 0 Å². The topological polar surface area (TPSA) is 30.5 Å². The highest BCUT2D eigenvalue weighted by atomic mass is 79.9. The van der Waals surface area contributed by atoms with Crippen LogP contribution in [-0.2, 0) is 0 Å². The average Bonchev–Trinajstić information content (AvgIpc) is 2.81. The molecule has 2 aliphatic heterocycles. The predicted molar refractivity (Wildman–Crippen MR) is 65.1 cm³/mol. The largest absolute Gasteiger partial charge is 0.486 e. The summed E-state index contributed by atoms with van der Waals surface area (Å²) < 4.78 is 12.3. The Balaban J connectivity index is 1.98. The lowest BCUT2D eigenvalue weighted by Crippen LogP contribution is -2.17. The molecule has 16 heavy (non-hydrogen) atoms. The zero-order valence-electron chi connectivity index (χ0n) is 8.96. The van der Waals surface area contributed by atoms with Gasteiger partial charge in [-0.05, 0) is 37.1 Å². The monoisotopic (exact) mass is 283 g/mol. The molecule has 0 radical (unpaired) electrons. The molecule has 1 aromatic rings. The van der Waals surface area contributed by atoms with Crippen LogP contribution in [0.5, 0.6) is 11.5 Å². The van der Waals surface area contributed by atoms with Crippen molar-refractivity contribution in [3.05, 3.63) is 22.2 Å². The van der Waals surface area contributed by atoms with Crippen molar-refractivity contribution < 1.29 is 9.47 Å². The summed E-state index contributed by atoms with van der Waals surface area (Å²) in [6.07, 6.45) is 2.43. The van der Waals surface area contributed by atoms with Crippen molar-refractivity contribution in [2.75, 3.05) is 19.8 Å². The van der Waals surface area contributed by atoms with Crippen LogP contribution >= 0.6 is 15.9 Å². The standard InChI is InChI=1S/C12H14BrNO2/c13-9-7-12-11(15-4-5-16-12)6-8(9)10-2-1-3-14-10/h6-7,10,14H,1-5H2. The summed E-state index contributed by atoms with van der Waals surface area (Å²) in [7, 11) is 0. The molecule has 1 saturated heterocycles. The molecule has 1 aromatic carbocycles. The normalized spacial score (nSPS) is 23.4. The zero-order valence-corrected chi connectivity index (χ0v) is 10.5. The van der Waals surface area contributed by atoms with Gasteiger partial charge < -0.3 is 14.8 Å². The molecule has 3 nitrogen and oxygen atoms in total. The second kappa shape index (κ2) is 4.26. The highest BCUT2D eigenvalue weighted by Crippen LogP contribution is 2.39. The Morgan fingerprint density at radius 3 is 2.62 bits per heavy atom. The van der Waals surface area contributed by atoms with Crippen LogP contribution in [0.1, 0.15) is 24.4 Å². The Hall–Kier alpha value is -0.740. The number of ether oxygens (including phenoxy) is 2. The highest BCUT2D eigenvalue weighted by Gasteiger charge is 2.22. The van der Waals surface area contributed by atoms with Crippen molar-refractivity contribution in [3.8, 4) is 11.5 Å². The average molecular weight is 284 g/mol. The number of fused-ring (bicyclic) bond motifs is 1. The van der Waals surface area contributed by atoms with Crippen LogP contribution < -0.4 is 14.8 Å². The van der Waals surface area contributed by atoms with E-state index in [-0.39, 0.29) is 0 Å². The Kier molecular flexibility index (Phi) is 2.77. The van der Waals surface area contributed by atoms with Gasteiger partial charge in [0.1, 0.15) is 13.2 Å². The third-order valence-electron chi connectivity index (χ3n) is 3.10. The van der Waals surface area contributed by atoms with Gasteiger partial charge in [0.05, 0.1) is 0 Å². The molecule has 86 valence electrons. The van der Waals surface area contributed by atoms with E-state index in [2.05, 4.69) is 27.3 Å². The highest BCUT2D eigenvalue weighted by molar-refractivity contribution is 9.10. The van der Waals surface area contributed by atoms with Crippen molar-refractivity contribution >= 4 is 15.9 Å². The lowest BCUT2D eigenvalue weighted by Gasteiger charge is -2.21. The van der Waals surface area contributed by atoms with Crippen LogP contribution in [0.2, 0.25) is 0 Å². The molecule has 0 bridgehead atoms. The molecule has 1 atom stereocenters. The Labute approximate surface area is 103 Å². The van der Waals surface area contributed by atoms with E-state index in [4.69, 9.17) is 9.47 Å². The molecule has 1 N–H and O–H groups in total. The minimum atomic E-state index is 0.449. The first-order valence-corrected chi connectivity index (χ1v) is 6.46. The minimum Gasteiger partial charge on any atom is -0.486 e. The molecule has 1 unspecified atom stereocenters. The van der Waals surface area contributed by atoms with Gasteiger partial charge in [-0.1, -0.05) is 15.9 Å². The van der Waals surface area contributed by atoms with E-state index in [9.17, 15) is 0 Å². The van der Waals surface area contributed by atoms with E-state index in [0.717, 1.165) is 22.5 Å². The van der Waals surface area contributed by atoms with Gasteiger partial charge in [-0.15, -0.1) is 0 Å². The van der Waals surface area contributed by atoms with Crippen LogP contribution in [0.4, 0.5) is 0 Å². The Morgan fingerprint density at radius 2 is 1.94 bits per heavy atom.